The molecule has 0 fully saturated rings. The van der Waals surface area contributed by atoms with Crippen LogP contribution in [0.1, 0.15) is 58.2 Å². The first-order chi connectivity index (χ1) is 23.0. The van der Waals surface area contributed by atoms with Crippen molar-refractivity contribution in [2.45, 2.75) is 59.3 Å². The van der Waals surface area contributed by atoms with Gasteiger partial charge in [0.25, 0.3) is 6.71 Å². The summed E-state index contributed by atoms with van der Waals surface area (Å²) < 4.78 is 24.5. The van der Waals surface area contributed by atoms with Gasteiger partial charge >= 0.3 is 0 Å². The van der Waals surface area contributed by atoms with Crippen LogP contribution in [-0.2, 0) is 10.8 Å². The zero-order valence-corrected chi connectivity index (χ0v) is 28.6. The second kappa shape index (κ2) is 9.99. The number of fused-ring (bicyclic) bond motifs is 8. The number of anilines is 6. The highest BCUT2D eigenvalue weighted by atomic mass is 16.7. The van der Waals surface area contributed by atoms with Gasteiger partial charge in [0.2, 0.25) is 13.6 Å². The van der Waals surface area contributed by atoms with Gasteiger partial charge in [-0.2, -0.15) is 0 Å². The van der Waals surface area contributed by atoms with Crippen LogP contribution in [0.4, 0.5) is 34.1 Å². The van der Waals surface area contributed by atoms with E-state index in [0.29, 0.717) is 0 Å². The number of ether oxygens (including phenoxy) is 4. The van der Waals surface area contributed by atoms with Crippen molar-refractivity contribution in [1.29, 1.82) is 0 Å². The number of hydrogen-bond donors (Lipinski definition) is 0. The van der Waals surface area contributed by atoms with Gasteiger partial charge in [-0.3, -0.25) is 0 Å². The summed E-state index contributed by atoms with van der Waals surface area (Å²) in [5.41, 5.74) is 13.9. The molecule has 5 aromatic rings. The zero-order valence-electron chi connectivity index (χ0n) is 28.6. The van der Waals surface area contributed by atoms with Gasteiger partial charge < -0.3 is 28.7 Å². The molecular weight excluding hydrogens is 595 g/mol. The zero-order chi connectivity index (χ0) is 33.1. The van der Waals surface area contributed by atoms with Crippen LogP contribution in [0.5, 0.6) is 23.0 Å². The Balaban J connectivity index is 1.35. The fourth-order valence-electron chi connectivity index (χ4n) is 7.78. The second-order valence-corrected chi connectivity index (χ2v) is 15.4. The molecule has 0 aromatic heterocycles. The van der Waals surface area contributed by atoms with E-state index < -0.39 is 0 Å². The Bertz CT molecular complexity index is 1980. The Labute approximate surface area is 282 Å². The van der Waals surface area contributed by atoms with Crippen LogP contribution in [0.25, 0.3) is 0 Å². The minimum atomic E-state index is -0.0696. The number of hydrogen-bond acceptors (Lipinski definition) is 6. The molecule has 0 radical (unpaired) electrons. The molecule has 5 aromatic carbocycles. The van der Waals surface area contributed by atoms with Crippen molar-refractivity contribution in [2.75, 3.05) is 23.4 Å². The number of rotatable bonds is 2. The lowest BCUT2D eigenvalue weighted by Gasteiger charge is -2.44. The maximum Gasteiger partial charge on any atom is 0.252 e. The molecule has 240 valence electrons. The highest BCUT2D eigenvalue weighted by molar-refractivity contribution is 7.00. The predicted molar refractivity (Wildman–Crippen MR) is 195 cm³/mol. The molecule has 4 aliphatic heterocycles. The first kappa shape index (κ1) is 29.1. The van der Waals surface area contributed by atoms with Crippen LogP contribution in [0, 0.1) is 6.92 Å². The molecule has 4 aliphatic rings. The standard InChI is InChI=1S/C41H39BN2O4/c1-24-20-31-35-32(21-24)44(28-14-10-26(11-15-28)41(5,6)7)37-30(17-19-34-39(37)48-23-46-34)42(35)29-16-18-33-38(47-22-45-33)36(29)43(31)27-12-8-25(9-13-27)40(2,3)4/h8-21H,22-23H2,1-7H3. The van der Waals surface area contributed by atoms with Gasteiger partial charge in [0.1, 0.15) is 0 Å². The summed E-state index contributed by atoms with van der Waals surface area (Å²) in [4.78, 5) is 4.77. The summed E-state index contributed by atoms with van der Waals surface area (Å²) in [6.07, 6.45) is 0. The van der Waals surface area contributed by atoms with E-state index in [0.717, 1.165) is 62.7 Å². The van der Waals surface area contributed by atoms with Crippen molar-refractivity contribution in [1.82, 2.24) is 0 Å². The van der Waals surface area contributed by atoms with Gasteiger partial charge in [-0.1, -0.05) is 77.9 Å². The summed E-state index contributed by atoms with van der Waals surface area (Å²) in [5, 5.41) is 0. The SMILES string of the molecule is Cc1cc2c3c(c1)N(c1ccc(C(C)(C)C)cc1)c1c(ccc4c1OCO4)B3c1ccc3c(c1N2c1ccc(C(C)(C)C)cc1)OCO3. The van der Waals surface area contributed by atoms with E-state index >= 15 is 0 Å². The van der Waals surface area contributed by atoms with Gasteiger partial charge in [-0.15, -0.1) is 0 Å². The quantitative estimate of drug-likeness (QED) is 0.179. The fourth-order valence-corrected chi connectivity index (χ4v) is 7.78. The molecule has 48 heavy (non-hydrogen) atoms. The third-order valence-corrected chi connectivity index (χ3v) is 10.2. The molecule has 0 saturated heterocycles. The molecule has 6 nitrogen and oxygen atoms in total. The van der Waals surface area contributed by atoms with Crippen LogP contribution in [-0.4, -0.2) is 20.3 Å². The lowest BCUT2D eigenvalue weighted by molar-refractivity contribution is 0.174. The highest BCUT2D eigenvalue weighted by Crippen LogP contribution is 2.53. The molecule has 0 spiro atoms. The third kappa shape index (κ3) is 4.19. The van der Waals surface area contributed by atoms with Gasteiger partial charge in [0.05, 0.1) is 11.4 Å². The topological polar surface area (TPSA) is 43.4 Å². The van der Waals surface area contributed by atoms with Crippen LogP contribution in [0.2, 0.25) is 0 Å². The monoisotopic (exact) mass is 634 g/mol. The van der Waals surface area contributed by atoms with Crippen molar-refractivity contribution in [2.24, 2.45) is 0 Å². The molecule has 4 heterocycles. The molecule has 0 unspecified atom stereocenters. The molecular formula is C41H39BN2O4. The number of nitrogens with zero attached hydrogens (tertiary/aromatic N) is 2. The largest absolute Gasteiger partial charge is 0.454 e. The Hall–Kier alpha value is -5.04. The van der Waals surface area contributed by atoms with E-state index in [2.05, 4.69) is 143 Å². The van der Waals surface area contributed by atoms with E-state index in [-0.39, 0.29) is 31.1 Å². The van der Waals surface area contributed by atoms with Crippen molar-refractivity contribution < 1.29 is 18.9 Å². The number of benzene rings is 5. The second-order valence-electron chi connectivity index (χ2n) is 15.4. The van der Waals surface area contributed by atoms with Crippen LogP contribution < -0.4 is 45.1 Å². The van der Waals surface area contributed by atoms with E-state index in [1.165, 1.54) is 27.5 Å². The summed E-state index contributed by atoms with van der Waals surface area (Å²) in [5.74, 6) is 3.10. The summed E-state index contributed by atoms with van der Waals surface area (Å²) in [6, 6.07) is 31.2. The van der Waals surface area contributed by atoms with E-state index in [9.17, 15) is 0 Å². The number of aryl methyl sites for hydroxylation is 1. The molecule has 0 amide bonds. The molecule has 0 saturated carbocycles. The molecule has 9 rings (SSSR count). The fraction of sp³-hybridized carbons (Fsp3) is 0.268. The normalized spacial score (nSPS) is 15.4. The average Bonchev–Trinajstić information content (AvgIpc) is 3.74. The van der Waals surface area contributed by atoms with E-state index in [1.807, 2.05) is 0 Å². The molecule has 7 heteroatoms. The summed E-state index contributed by atoms with van der Waals surface area (Å²) in [7, 11) is 0. The van der Waals surface area contributed by atoms with Crippen molar-refractivity contribution >= 4 is 57.2 Å². The van der Waals surface area contributed by atoms with Gasteiger partial charge in [0.15, 0.2) is 23.0 Å². The Morgan fingerprint density at radius 1 is 0.542 bits per heavy atom. The smallest absolute Gasteiger partial charge is 0.252 e. The molecule has 0 atom stereocenters. The Morgan fingerprint density at radius 2 is 0.958 bits per heavy atom. The van der Waals surface area contributed by atoms with E-state index in [1.54, 1.807) is 0 Å². The first-order valence-electron chi connectivity index (χ1n) is 16.8. The minimum absolute atomic E-state index is 0.0446. The third-order valence-electron chi connectivity index (χ3n) is 10.2. The Kier molecular flexibility index (Phi) is 6.06. The minimum Gasteiger partial charge on any atom is -0.454 e. The predicted octanol–water partition coefficient (Wildman–Crippen LogP) is 8.13. The van der Waals surface area contributed by atoms with Crippen LogP contribution in [0.15, 0.2) is 84.9 Å². The highest BCUT2D eigenvalue weighted by Gasteiger charge is 2.47. The molecule has 0 N–H and O–H groups in total. The van der Waals surface area contributed by atoms with Gasteiger partial charge in [-0.05, 0) is 99.4 Å². The summed E-state index contributed by atoms with van der Waals surface area (Å²) in [6.45, 7) is 16.0. The lowest BCUT2D eigenvalue weighted by Crippen LogP contribution is -2.61. The molecule has 0 aliphatic carbocycles. The summed E-state index contributed by atoms with van der Waals surface area (Å²) >= 11 is 0. The lowest BCUT2D eigenvalue weighted by atomic mass is 9.33. The van der Waals surface area contributed by atoms with Crippen molar-refractivity contribution in [3.63, 3.8) is 0 Å². The molecule has 0 bridgehead atoms. The van der Waals surface area contributed by atoms with Gasteiger partial charge in [0, 0.05) is 22.7 Å². The average molecular weight is 635 g/mol. The first-order valence-corrected chi connectivity index (χ1v) is 16.8. The Morgan fingerprint density at radius 3 is 1.35 bits per heavy atom. The van der Waals surface area contributed by atoms with Gasteiger partial charge in [-0.25, -0.2) is 0 Å². The van der Waals surface area contributed by atoms with Crippen molar-refractivity contribution in [3.8, 4) is 23.0 Å². The maximum atomic E-state index is 6.28. The van der Waals surface area contributed by atoms with Crippen LogP contribution >= 0.6 is 0 Å². The van der Waals surface area contributed by atoms with Crippen LogP contribution in [0.3, 0.4) is 0 Å². The van der Waals surface area contributed by atoms with Crippen molar-refractivity contribution in [3.05, 3.63) is 102 Å². The maximum absolute atomic E-state index is 6.28. The van der Waals surface area contributed by atoms with E-state index in [4.69, 9.17) is 18.9 Å².